The van der Waals surface area contributed by atoms with E-state index in [9.17, 15) is 0 Å². The number of nitrogens with zero attached hydrogens (tertiary/aromatic N) is 1. The summed E-state index contributed by atoms with van der Waals surface area (Å²) >= 11 is 1.93. The highest BCUT2D eigenvalue weighted by Gasteiger charge is 2.33. The largest absolute Gasteiger partial charge is 0.314 e. The molecule has 0 amide bonds. The number of rotatable bonds is 2. The normalized spacial score (nSPS) is 23.2. The maximum Gasteiger partial charge on any atom is 0.0419 e. The Morgan fingerprint density at radius 3 is 2.75 bits per heavy atom. The summed E-state index contributed by atoms with van der Waals surface area (Å²) in [6, 6.07) is 5.05. The van der Waals surface area contributed by atoms with Crippen LogP contribution in [-0.4, -0.2) is 30.1 Å². The molecule has 90 valence electrons. The molecule has 0 radical (unpaired) electrons. The lowest BCUT2D eigenvalue weighted by Gasteiger charge is -2.46. The predicted octanol–water partition coefficient (Wildman–Crippen LogP) is 2.80. The van der Waals surface area contributed by atoms with Crippen LogP contribution >= 0.6 is 11.3 Å². The SMILES string of the molecule is Cc1ccc(C(C)N2CCNCC2(C)C)s1. The molecule has 1 aliphatic heterocycles. The van der Waals surface area contributed by atoms with Crippen molar-refractivity contribution in [2.45, 2.75) is 39.3 Å². The topological polar surface area (TPSA) is 15.3 Å². The van der Waals surface area contributed by atoms with Crippen LogP contribution in [0.4, 0.5) is 0 Å². The molecule has 0 aliphatic carbocycles. The van der Waals surface area contributed by atoms with Crippen molar-refractivity contribution in [3.63, 3.8) is 0 Å². The first-order valence-corrected chi connectivity index (χ1v) is 6.86. The molecule has 1 fully saturated rings. The second-order valence-electron chi connectivity index (χ2n) is 5.31. The minimum absolute atomic E-state index is 0.259. The highest BCUT2D eigenvalue weighted by molar-refractivity contribution is 7.12. The molecule has 3 heteroatoms. The first kappa shape index (κ1) is 12.1. The van der Waals surface area contributed by atoms with Crippen LogP contribution in [0, 0.1) is 6.92 Å². The third-order valence-corrected chi connectivity index (χ3v) is 4.68. The predicted molar refractivity (Wildman–Crippen MR) is 71.1 cm³/mol. The van der Waals surface area contributed by atoms with Gasteiger partial charge in [0.05, 0.1) is 0 Å². The molecular formula is C13H22N2S. The fourth-order valence-electron chi connectivity index (χ4n) is 2.55. The van der Waals surface area contributed by atoms with Gasteiger partial charge in [-0.1, -0.05) is 0 Å². The molecule has 1 unspecified atom stereocenters. The molecule has 16 heavy (non-hydrogen) atoms. The van der Waals surface area contributed by atoms with Crippen LogP contribution in [0.15, 0.2) is 12.1 Å². The molecule has 1 aromatic heterocycles. The molecule has 1 aliphatic rings. The Morgan fingerprint density at radius 2 is 2.19 bits per heavy atom. The van der Waals surface area contributed by atoms with E-state index in [4.69, 9.17) is 0 Å². The quantitative estimate of drug-likeness (QED) is 0.852. The zero-order valence-electron chi connectivity index (χ0n) is 10.7. The Kier molecular flexibility index (Phi) is 3.38. The van der Waals surface area contributed by atoms with Gasteiger partial charge in [-0.25, -0.2) is 0 Å². The van der Waals surface area contributed by atoms with Gasteiger partial charge in [-0.15, -0.1) is 11.3 Å². The van der Waals surface area contributed by atoms with Crippen LogP contribution in [0.25, 0.3) is 0 Å². The van der Waals surface area contributed by atoms with E-state index < -0.39 is 0 Å². The highest BCUT2D eigenvalue weighted by atomic mass is 32.1. The summed E-state index contributed by atoms with van der Waals surface area (Å²) in [4.78, 5) is 5.52. The average molecular weight is 238 g/mol. The number of nitrogens with one attached hydrogen (secondary N) is 1. The fraction of sp³-hybridized carbons (Fsp3) is 0.692. The van der Waals surface area contributed by atoms with Crippen molar-refractivity contribution in [1.82, 2.24) is 10.2 Å². The van der Waals surface area contributed by atoms with Crippen molar-refractivity contribution >= 4 is 11.3 Å². The molecule has 0 saturated carbocycles. The van der Waals surface area contributed by atoms with Crippen LogP contribution in [0.2, 0.25) is 0 Å². The van der Waals surface area contributed by atoms with Crippen LogP contribution in [0.5, 0.6) is 0 Å². The van der Waals surface area contributed by atoms with Crippen molar-refractivity contribution in [3.8, 4) is 0 Å². The van der Waals surface area contributed by atoms with Gasteiger partial charge in [-0.2, -0.15) is 0 Å². The van der Waals surface area contributed by atoms with Gasteiger partial charge in [0.1, 0.15) is 0 Å². The molecule has 2 rings (SSSR count). The molecule has 0 aromatic carbocycles. The van der Waals surface area contributed by atoms with Gasteiger partial charge in [-0.05, 0) is 39.8 Å². The summed E-state index contributed by atoms with van der Waals surface area (Å²) in [6.07, 6.45) is 0. The number of thiophene rings is 1. The van der Waals surface area contributed by atoms with Crippen molar-refractivity contribution in [2.75, 3.05) is 19.6 Å². The van der Waals surface area contributed by atoms with Crippen LogP contribution in [0.3, 0.4) is 0 Å². The summed E-state index contributed by atoms with van der Waals surface area (Å²) < 4.78 is 0. The number of hydrogen-bond acceptors (Lipinski definition) is 3. The highest BCUT2D eigenvalue weighted by Crippen LogP contribution is 2.32. The summed E-state index contributed by atoms with van der Waals surface area (Å²) in [7, 11) is 0. The maximum atomic E-state index is 3.48. The molecule has 2 heterocycles. The average Bonchev–Trinajstić information content (AvgIpc) is 2.63. The molecule has 0 spiro atoms. The Bertz CT molecular complexity index is 357. The van der Waals surface area contributed by atoms with Gasteiger partial charge < -0.3 is 5.32 Å². The number of aryl methyl sites for hydroxylation is 1. The van der Waals surface area contributed by atoms with Gasteiger partial charge in [0.25, 0.3) is 0 Å². The first-order chi connectivity index (χ1) is 7.50. The van der Waals surface area contributed by atoms with Gasteiger partial charge in [0, 0.05) is 41.0 Å². The second kappa shape index (κ2) is 4.47. The van der Waals surface area contributed by atoms with Crippen LogP contribution in [0.1, 0.15) is 36.6 Å². The molecular weight excluding hydrogens is 216 g/mol. The fourth-order valence-corrected chi connectivity index (χ4v) is 3.49. The van der Waals surface area contributed by atoms with Gasteiger partial charge >= 0.3 is 0 Å². The summed E-state index contributed by atoms with van der Waals surface area (Å²) in [5, 5.41) is 3.48. The van der Waals surface area contributed by atoms with E-state index >= 15 is 0 Å². The van der Waals surface area contributed by atoms with Gasteiger partial charge in [-0.3, -0.25) is 4.90 Å². The lowest BCUT2D eigenvalue weighted by atomic mass is 9.97. The summed E-state index contributed by atoms with van der Waals surface area (Å²) in [5.41, 5.74) is 0.259. The minimum Gasteiger partial charge on any atom is -0.314 e. The van der Waals surface area contributed by atoms with E-state index in [0.717, 1.165) is 19.6 Å². The minimum atomic E-state index is 0.259. The van der Waals surface area contributed by atoms with E-state index in [1.807, 2.05) is 11.3 Å². The molecule has 1 atom stereocenters. The van der Waals surface area contributed by atoms with Gasteiger partial charge in [0.15, 0.2) is 0 Å². The Labute approximate surface area is 103 Å². The maximum absolute atomic E-state index is 3.48. The third kappa shape index (κ3) is 2.31. The number of hydrogen-bond donors (Lipinski definition) is 1. The van der Waals surface area contributed by atoms with E-state index in [-0.39, 0.29) is 5.54 Å². The lowest BCUT2D eigenvalue weighted by Crippen LogP contribution is -2.58. The molecule has 1 N–H and O–H groups in total. The van der Waals surface area contributed by atoms with Crippen LogP contribution < -0.4 is 5.32 Å². The summed E-state index contributed by atoms with van der Waals surface area (Å²) in [5.74, 6) is 0. The zero-order chi connectivity index (χ0) is 11.8. The van der Waals surface area contributed by atoms with Gasteiger partial charge in [0.2, 0.25) is 0 Å². The summed E-state index contributed by atoms with van der Waals surface area (Å²) in [6.45, 7) is 12.5. The van der Waals surface area contributed by atoms with Crippen molar-refractivity contribution in [3.05, 3.63) is 21.9 Å². The second-order valence-corrected chi connectivity index (χ2v) is 6.63. The van der Waals surface area contributed by atoms with E-state index in [1.54, 1.807) is 0 Å². The molecule has 2 nitrogen and oxygen atoms in total. The Morgan fingerprint density at radius 1 is 1.44 bits per heavy atom. The third-order valence-electron chi connectivity index (χ3n) is 3.51. The molecule has 1 saturated heterocycles. The monoisotopic (exact) mass is 238 g/mol. The lowest BCUT2D eigenvalue weighted by molar-refractivity contribution is 0.0531. The standard InChI is InChI=1S/C13H22N2S/c1-10-5-6-12(16-10)11(2)15-8-7-14-9-13(15,3)4/h5-6,11,14H,7-9H2,1-4H3. The van der Waals surface area contributed by atoms with E-state index in [1.165, 1.54) is 9.75 Å². The number of piperazine rings is 1. The van der Waals surface area contributed by atoms with Crippen molar-refractivity contribution in [1.29, 1.82) is 0 Å². The Balaban J connectivity index is 2.17. The van der Waals surface area contributed by atoms with E-state index in [0.29, 0.717) is 6.04 Å². The van der Waals surface area contributed by atoms with Crippen molar-refractivity contribution in [2.24, 2.45) is 0 Å². The molecule has 1 aromatic rings. The van der Waals surface area contributed by atoms with Crippen LogP contribution in [-0.2, 0) is 0 Å². The van der Waals surface area contributed by atoms with Crippen molar-refractivity contribution < 1.29 is 0 Å². The van der Waals surface area contributed by atoms with E-state index in [2.05, 4.69) is 50.0 Å². The smallest absolute Gasteiger partial charge is 0.0419 e. The molecule has 0 bridgehead atoms. The Hall–Kier alpha value is -0.380. The first-order valence-electron chi connectivity index (χ1n) is 6.04. The zero-order valence-corrected chi connectivity index (χ0v) is 11.5.